The van der Waals surface area contributed by atoms with E-state index in [4.69, 9.17) is 14.5 Å². The molecule has 4 heterocycles. The molecule has 1 aromatic carbocycles. The van der Waals surface area contributed by atoms with Crippen LogP contribution in [0.2, 0.25) is 0 Å². The summed E-state index contributed by atoms with van der Waals surface area (Å²) in [5.41, 5.74) is 1.33. The fourth-order valence-electron chi connectivity index (χ4n) is 5.19. The van der Waals surface area contributed by atoms with E-state index in [0.717, 1.165) is 43.0 Å². The summed E-state index contributed by atoms with van der Waals surface area (Å²) in [5, 5.41) is 7.27. The maximum absolute atomic E-state index is 13.2. The third-order valence-electron chi connectivity index (χ3n) is 7.03. The van der Waals surface area contributed by atoms with Crippen LogP contribution in [0.15, 0.2) is 41.5 Å². The topological polar surface area (TPSA) is 88.1 Å². The number of amidine groups is 1. The fourth-order valence-corrected chi connectivity index (χ4v) is 5.19. The Morgan fingerprint density at radius 2 is 1.94 bits per heavy atom. The first-order valence-corrected chi connectivity index (χ1v) is 11.5. The number of carbonyl (C=O) groups is 1. The second kappa shape index (κ2) is 7.69. The van der Waals surface area contributed by atoms with E-state index in [0.29, 0.717) is 36.2 Å². The highest BCUT2D eigenvalue weighted by atomic mass is 16.7. The Morgan fingerprint density at radius 1 is 1.12 bits per heavy atom. The van der Waals surface area contributed by atoms with Gasteiger partial charge in [-0.1, -0.05) is 12.8 Å². The van der Waals surface area contributed by atoms with E-state index in [1.165, 1.54) is 12.8 Å². The Hall–Kier alpha value is -3.29. The van der Waals surface area contributed by atoms with Crippen LogP contribution in [0.1, 0.15) is 48.9 Å². The second-order valence-electron chi connectivity index (χ2n) is 9.01. The van der Waals surface area contributed by atoms with Crippen LogP contribution in [0.3, 0.4) is 0 Å². The molecule has 0 unspecified atom stereocenters. The van der Waals surface area contributed by atoms with Crippen LogP contribution in [0.5, 0.6) is 11.5 Å². The zero-order chi connectivity index (χ0) is 21.5. The number of aliphatic imine (C=N–C) groups is 1. The summed E-state index contributed by atoms with van der Waals surface area (Å²) in [7, 11) is 0. The monoisotopic (exact) mass is 433 g/mol. The zero-order valence-corrected chi connectivity index (χ0v) is 18.0. The highest BCUT2D eigenvalue weighted by Gasteiger charge is 2.44. The summed E-state index contributed by atoms with van der Waals surface area (Å²) < 4.78 is 10.8. The largest absolute Gasteiger partial charge is 0.454 e. The number of ether oxygens (including phenoxy) is 2. The van der Waals surface area contributed by atoms with Gasteiger partial charge in [0.25, 0.3) is 5.91 Å². The molecular weight excluding hydrogens is 406 g/mol. The molecule has 0 atom stereocenters. The van der Waals surface area contributed by atoms with Crippen molar-refractivity contribution in [2.45, 2.75) is 50.1 Å². The van der Waals surface area contributed by atoms with Crippen molar-refractivity contribution in [2.24, 2.45) is 4.99 Å². The molecule has 166 valence electrons. The smallest absolute Gasteiger partial charge is 0.253 e. The molecule has 1 saturated carbocycles. The summed E-state index contributed by atoms with van der Waals surface area (Å²) in [6.07, 6.45) is 8.15. The van der Waals surface area contributed by atoms with Gasteiger partial charge in [0.1, 0.15) is 5.84 Å². The van der Waals surface area contributed by atoms with Gasteiger partial charge in [-0.3, -0.25) is 9.79 Å². The molecule has 2 aromatic rings. The maximum Gasteiger partial charge on any atom is 0.253 e. The lowest BCUT2D eigenvalue weighted by Crippen LogP contribution is -2.59. The number of likely N-dealkylation sites (tertiary alicyclic amines) is 1. The van der Waals surface area contributed by atoms with Gasteiger partial charge in [-0.2, -0.15) is 0 Å². The maximum atomic E-state index is 13.2. The number of piperidine rings is 1. The fraction of sp³-hybridized carbons (Fsp3) is 0.458. The summed E-state index contributed by atoms with van der Waals surface area (Å²) in [4.78, 5) is 24.7. The van der Waals surface area contributed by atoms with Gasteiger partial charge in [0.15, 0.2) is 17.3 Å². The van der Waals surface area contributed by atoms with Crippen molar-refractivity contribution in [1.29, 1.82) is 0 Å². The van der Waals surface area contributed by atoms with Crippen molar-refractivity contribution in [3.8, 4) is 11.5 Å². The molecule has 6 rings (SSSR count). The zero-order valence-electron chi connectivity index (χ0n) is 18.0. The van der Waals surface area contributed by atoms with Crippen molar-refractivity contribution >= 4 is 23.2 Å². The van der Waals surface area contributed by atoms with Crippen LogP contribution < -0.4 is 20.1 Å². The average Bonchev–Trinajstić information content (AvgIpc) is 3.51. The third kappa shape index (κ3) is 3.34. The van der Waals surface area contributed by atoms with E-state index >= 15 is 0 Å². The number of hydrogen-bond donors (Lipinski definition) is 2. The summed E-state index contributed by atoms with van der Waals surface area (Å²) in [6.45, 7) is 1.51. The predicted octanol–water partition coefficient (Wildman–Crippen LogP) is 3.66. The predicted molar refractivity (Wildman–Crippen MR) is 122 cm³/mol. The number of nitrogens with zero attached hydrogens (tertiary/aromatic N) is 3. The number of aromatic nitrogens is 1. The van der Waals surface area contributed by atoms with Gasteiger partial charge in [0.05, 0.1) is 17.3 Å². The molecular formula is C24H27N5O3. The number of hydrogen-bond acceptors (Lipinski definition) is 6. The number of rotatable bonds is 2. The molecule has 1 aromatic heterocycles. The number of amides is 1. The van der Waals surface area contributed by atoms with Gasteiger partial charge >= 0.3 is 0 Å². The van der Waals surface area contributed by atoms with Crippen molar-refractivity contribution in [2.75, 3.05) is 30.5 Å². The van der Waals surface area contributed by atoms with Crippen molar-refractivity contribution in [1.82, 2.24) is 9.88 Å². The van der Waals surface area contributed by atoms with Crippen molar-refractivity contribution in [3.05, 3.63) is 42.1 Å². The van der Waals surface area contributed by atoms with Crippen LogP contribution in [-0.2, 0) is 0 Å². The van der Waals surface area contributed by atoms with E-state index in [2.05, 4.69) is 15.6 Å². The molecule has 8 heteroatoms. The molecule has 0 bridgehead atoms. The summed E-state index contributed by atoms with van der Waals surface area (Å²) >= 11 is 0. The molecule has 0 radical (unpaired) electrons. The lowest BCUT2D eigenvalue weighted by molar-refractivity contribution is 0.0704. The summed E-state index contributed by atoms with van der Waals surface area (Å²) in [6, 6.07) is 9.77. The van der Waals surface area contributed by atoms with Gasteiger partial charge < -0.3 is 25.0 Å². The van der Waals surface area contributed by atoms with Crippen LogP contribution in [0.4, 0.5) is 11.5 Å². The number of nitrogens with one attached hydrogen (secondary N) is 2. The Labute approximate surface area is 187 Å². The van der Waals surface area contributed by atoms with Crippen LogP contribution in [-0.4, -0.2) is 53.1 Å². The van der Waals surface area contributed by atoms with Gasteiger partial charge in [-0.25, -0.2) is 4.98 Å². The van der Waals surface area contributed by atoms with Crippen LogP contribution in [0, 0.1) is 0 Å². The molecule has 1 amide bonds. The minimum atomic E-state index is -0.301. The molecule has 1 aliphatic carbocycles. The van der Waals surface area contributed by atoms with Gasteiger partial charge in [0, 0.05) is 24.8 Å². The number of anilines is 2. The Kier molecular flexibility index (Phi) is 4.66. The molecule has 8 nitrogen and oxygen atoms in total. The molecule has 2 N–H and O–H groups in total. The quantitative estimate of drug-likeness (QED) is 0.752. The first-order chi connectivity index (χ1) is 15.7. The lowest BCUT2D eigenvalue weighted by atomic mass is 9.83. The molecule has 2 fully saturated rings. The normalized spacial score (nSPS) is 22.5. The van der Waals surface area contributed by atoms with E-state index in [-0.39, 0.29) is 18.2 Å². The first kappa shape index (κ1) is 19.4. The first-order valence-electron chi connectivity index (χ1n) is 11.5. The number of carbonyl (C=O) groups excluding carboxylic acids is 1. The van der Waals surface area contributed by atoms with E-state index in [1.807, 2.05) is 29.2 Å². The highest BCUT2D eigenvalue weighted by Crippen LogP contribution is 2.38. The minimum Gasteiger partial charge on any atom is -0.454 e. The average molecular weight is 434 g/mol. The Morgan fingerprint density at radius 3 is 2.78 bits per heavy atom. The Balaban J connectivity index is 1.23. The van der Waals surface area contributed by atoms with Gasteiger partial charge in [-0.15, -0.1) is 0 Å². The number of benzene rings is 1. The van der Waals surface area contributed by atoms with E-state index in [9.17, 15) is 4.79 Å². The second-order valence-corrected chi connectivity index (χ2v) is 9.01. The summed E-state index contributed by atoms with van der Waals surface area (Å²) in [5.74, 6) is 3.16. The molecule has 4 aliphatic rings. The minimum absolute atomic E-state index is 0.0262. The van der Waals surface area contributed by atoms with Crippen molar-refractivity contribution in [3.63, 3.8) is 0 Å². The van der Waals surface area contributed by atoms with Gasteiger partial charge in [-0.05, 0) is 56.0 Å². The molecule has 3 aliphatic heterocycles. The lowest BCUT2D eigenvalue weighted by Gasteiger charge is -2.46. The molecule has 1 spiro atoms. The molecule has 1 saturated heterocycles. The standard InChI is InChI=1S/C24H27N5O3/c30-22(16-7-8-19-20(14-16)32-15-31-19)29-12-9-24(10-13-29)23(26-17-4-1-2-5-17)27-21-18(28-24)6-3-11-25-21/h3,6-8,11,14,17,28H,1-2,4-5,9-10,12-13,15H2,(H,25,26,27). The van der Waals surface area contributed by atoms with Crippen molar-refractivity contribution < 1.29 is 14.3 Å². The third-order valence-corrected chi connectivity index (χ3v) is 7.03. The van der Waals surface area contributed by atoms with Gasteiger partial charge in [0.2, 0.25) is 6.79 Å². The highest BCUT2D eigenvalue weighted by molar-refractivity contribution is 6.09. The van der Waals surface area contributed by atoms with E-state index in [1.54, 1.807) is 12.3 Å². The van der Waals surface area contributed by atoms with E-state index < -0.39 is 0 Å². The van der Waals surface area contributed by atoms with Crippen LogP contribution in [0.25, 0.3) is 0 Å². The number of pyridine rings is 1. The van der Waals surface area contributed by atoms with Crippen LogP contribution >= 0.6 is 0 Å². The number of fused-ring (bicyclic) bond motifs is 2. The molecule has 32 heavy (non-hydrogen) atoms. The SMILES string of the molecule is O=C(c1ccc2c(c1)OCO2)N1CCC2(CC1)Nc1cccnc1NC2=NC1CCCC1. The Bertz CT molecular complexity index is 1070.